The zero-order valence-electron chi connectivity index (χ0n) is 19.5. The standard InChI is InChI=1S/C26H36N2O3/c1-6-24(26(30)27-17-19(2)3)28(18-22-11-14-23(31-5)15-12-22)25(29)16-13-21-9-7-20(4)8-10-21/h7-12,14-15,19,24H,6,13,16-18H2,1-5H3,(H,27,30). The molecule has 1 N–H and O–H groups in total. The van der Waals surface area contributed by atoms with Crippen LogP contribution in [0.4, 0.5) is 0 Å². The van der Waals surface area contributed by atoms with Gasteiger partial charge in [-0.2, -0.15) is 0 Å². The fourth-order valence-electron chi connectivity index (χ4n) is 3.42. The van der Waals surface area contributed by atoms with Crippen LogP contribution in [0.2, 0.25) is 0 Å². The van der Waals surface area contributed by atoms with Crippen LogP contribution in [0.1, 0.15) is 50.3 Å². The minimum absolute atomic E-state index is 0.0112. The molecule has 0 aromatic heterocycles. The number of amides is 2. The monoisotopic (exact) mass is 424 g/mol. The van der Waals surface area contributed by atoms with Gasteiger partial charge in [-0.05, 0) is 48.9 Å². The lowest BCUT2D eigenvalue weighted by Crippen LogP contribution is -2.49. The quantitative estimate of drug-likeness (QED) is 0.577. The SMILES string of the molecule is CCC(C(=O)NCC(C)C)N(Cc1ccc(OC)cc1)C(=O)CCc1ccc(C)cc1. The lowest BCUT2D eigenvalue weighted by Gasteiger charge is -2.31. The smallest absolute Gasteiger partial charge is 0.242 e. The molecule has 0 aliphatic rings. The number of nitrogens with zero attached hydrogens (tertiary/aromatic N) is 1. The molecule has 0 fully saturated rings. The van der Waals surface area contributed by atoms with Gasteiger partial charge in [0.2, 0.25) is 11.8 Å². The second-order valence-electron chi connectivity index (χ2n) is 8.42. The third-order valence-corrected chi connectivity index (χ3v) is 5.33. The number of hydrogen-bond acceptors (Lipinski definition) is 3. The summed E-state index contributed by atoms with van der Waals surface area (Å²) in [5.41, 5.74) is 3.30. The molecule has 168 valence electrons. The summed E-state index contributed by atoms with van der Waals surface area (Å²) in [5, 5.41) is 3.00. The van der Waals surface area contributed by atoms with Gasteiger partial charge in [-0.3, -0.25) is 9.59 Å². The molecule has 1 unspecified atom stereocenters. The van der Waals surface area contributed by atoms with Gasteiger partial charge in [0, 0.05) is 19.5 Å². The van der Waals surface area contributed by atoms with Crippen molar-refractivity contribution in [1.82, 2.24) is 10.2 Å². The van der Waals surface area contributed by atoms with Crippen LogP contribution in [0.5, 0.6) is 5.75 Å². The van der Waals surface area contributed by atoms with E-state index in [9.17, 15) is 9.59 Å². The Kier molecular flexibility index (Phi) is 9.57. The number of rotatable bonds is 11. The van der Waals surface area contributed by atoms with E-state index in [2.05, 4.69) is 43.4 Å². The van der Waals surface area contributed by atoms with Crippen LogP contribution >= 0.6 is 0 Å². The van der Waals surface area contributed by atoms with Crippen molar-refractivity contribution in [3.63, 3.8) is 0 Å². The molecule has 5 nitrogen and oxygen atoms in total. The van der Waals surface area contributed by atoms with Crippen molar-refractivity contribution in [3.8, 4) is 5.75 Å². The average molecular weight is 425 g/mol. The predicted octanol–water partition coefficient (Wildman–Crippen LogP) is 4.52. The fourth-order valence-corrected chi connectivity index (χ4v) is 3.42. The Morgan fingerprint density at radius 3 is 2.16 bits per heavy atom. The van der Waals surface area contributed by atoms with Crippen molar-refractivity contribution in [2.24, 2.45) is 5.92 Å². The Morgan fingerprint density at radius 2 is 1.61 bits per heavy atom. The summed E-state index contributed by atoms with van der Waals surface area (Å²) in [6.07, 6.45) is 1.59. The molecule has 2 aromatic rings. The van der Waals surface area contributed by atoms with Gasteiger partial charge in [-0.1, -0.05) is 62.7 Å². The average Bonchev–Trinajstić information content (AvgIpc) is 2.77. The van der Waals surface area contributed by atoms with Gasteiger partial charge < -0.3 is 15.0 Å². The highest BCUT2D eigenvalue weighted by molar-refractivity contribution is 5.87. The Labute approximate surface area is 186 Å². The highest BCUT2D eigenvalue weighted by Crippen LogP contribution is 2.18. The van der Waals surface area contributed by atoms with Crippen LogP contribution in [-0.2, 0) is 22.6 Å². The van der Waals surface area contributed by atoms with Crippen LogP contribution in [0.25, 0.3) is 0 Å². The topological polar surface area (TPSA) is 58.6 Å². The Balaban J connectivity index is 2.18. The number of nitrogens with one attached hydrogen (secondary N) is 1. The fraction of sp³-hybridized carbons (Fsp3) is 0.462. The third-order valence-electron chi connectivity index (χ3n) is 5.33. The summed E-state index contributed by atoms with van der Waals surface area (Å²) in [5.74, 6) is 1.02. The highest BCUT2D eigenvalue weighted by atomic mass is 16.5. The van der Waals surface area contributed by atoms with Gasteiger partial charge in [-0.15, -0.1) is 0 Å². The Hall–Kier alpha value is -2.82. The zero-order valence-corrected chi connectivity index (χ0v) is 19.5. The first kappa shape index (κ1) is 24.4. The molecule has 0 heterocycles. The third kappa shape index (κ3) is 7.74. The van der Waals surface area contributed by atoms with Gasteiger partial charge >= 0.3 is 0 Å². The molecule has 0 aliphatic carbocycles. The molecule has 1 atom stereocenters. The van der Waals surface area contributed by atoms with Crippen molar-refractivity contribution in [2.45, 2.75) is 59.5 Å². The number of carbonyl (C=O) groups excluding carboxylic acids is 2. The van der Waals surface area contributed by atoms with Gasteiger partial charge in [0.25, 0.3) is 0 Å². The first-order valence-corrected chi connectivity index (χ1v) is 11.1. The normalized spacial score (nSPS) is 11.8. The number of methoxy groups -OCH3 is 1. The maximum atomic E-state index is 13.3. The summed E-state index contributed by atoms with van der Waals surface area (Å²) in [7, 11) is 1.63. The van der Waals surface area contributed by atoms with E-state index in [0.717, 1.165) is 16.9 Å². The van der Waals surface area contributed by atoms with Crippen LogP contribution in [-0.4, -0.2) is 36.4 Å². The molecular formula is C26H36N2O3. The van der Waals surface area contributed by atoms with E-state index < -0.39 is 6.04 Å². The molecule has 2 rings (SSSR count). The molecule has 0 spiro atoms. The van der Waals surface area contributed by atoms with Crippen LogP contribution in [0.15, 0.2) is 48.5 Å². The summed E-state index contributed by atoms with van der Waals surface area (Å²) < 4.78 is 5.23. The van der Waals surface area contributed by atoms with E-state index in [0.29, 0.717) is 38.3 Å². The van der Waals surface area contributed by atoms with Gasteiger partial charge in [0.15, 0.2) is 0 Å². The van der Waals surface area contributed by atoms with E-state index in [1.165, 1.54) is 5.56 Å². The Morgan fingerprint density at radius 1 is 1.00 bits per heavy atom. The lowest BCUT2D eigenvalue weighted by molar-refractivity contribution is -0.141. The second kappa shape index (κ2) is 12.1. The van der Waals surface area contributed by atoms with Crippen molar-refractivity contribution in [2.75, 3.05) is 13.7 Å². The maximum Gasteiger partial charge on any atom is 0.242 e. The zero-order chi connectivity index (χ0) is 22.8. The molecule has 0 saturated heterocycles. The molecule has 0 saturated carbocycles. The van der Waals surface area contributed by atoms with E-state index in [4.69, 9.17) is 4.74 Å². The molecule has 0 radical (unpaired) electrons. The lowest BCUT2D eigenvalue weighted by atomic mass is 10.0. The number of carbonyl (C=O) groups is 2. The summed E-state index contributed by atoms with van der Waals surface area (Å²) in [6.45, 7) is 9.11. The predicted molar refractivity (Wildman–Crippen MR) is 125 cm³/mol. The van der Waals surface area contributed by atoms with E-state index in [1.54, 1.807) is 12.0 Å². The summed E-state index contributed by atoms with van der Waals surface area (Å²) >= 11 is 0. The Bertz CT molecular complexity index is 829. The van der Waals surface area contributed by atoms with E-state index in [-0.39, 0.29) is 11.8 Å². The van der Waals surface area contributed by atoms with Gasteiger partial charge in [0.05, 0.1) is 7.11 Å². The number of aryl methyl sites for hydroxylation is 2. The molecular weight excluding hydrogens is 388 g/mol. The van der Waals surface area contributed by atoms with Crippen molar-refractivity contribution in [3.05, 3.63) is 65.2 Å². The highest BCUT2D eigenvalue weighted by Gasteiger charge is 2.28. The molecule has 0 bridgehead atoms. The van der Waals surface area contributed by atoms with E-state index in [1.807, 2.05) is 38.1 Å². The van der Waals surface area contributed by atoms with Crippen LogP contribution in [0, 0.1) is 12.8 Å². The molecule has 2 amide bonds. The van der Waals surface area contributed by atoms with Crippen molar-refractivity contribution in [1.29, 1.82) is 0 Å². The summed E-state index contributed by atoms with van der Waals surface area (Å²) in [4.78, 5) is 27.9. The van der Waals surface area contributed by atoms with Crippen molar-refractivity contribution < 1.29 is 14.3 Å². The minimum atomic E-state index is -0.494. The van der Waals surface area contributed by atoms with Gasteiger partial charge in [-0.25, -0.2) is 0 Å². The number of hydrogen-bond donors (Lipinski definition) is 1. The molecule has 0 aliphatic heterocycles. The van der Waals surface area contributed by atoms with E-state index >= 15 is 0 Å². The molecule has 2 aromatic carbocycles. The second-order valence-corrected chi connectivity index (χ2v) is 8.42. The largest absolute Gasteiger partial charge is 0.497 e. The molecule has 5 heteroatoms. The van der Waals surface area contributed by atoms with Crippen molar-refractivity contribution >= 4 is 11.8 Å². The molecule has 31 heavy (non-hydrogen) atoms. The summed E-state index contributed by atoms with van der Waals surface area (Å²) in [6, 6.07) is 15.4. The van der Waals surface area contributed by atoms with Gasteiger partial charge in [0.1, 0.15) is 11.8 Å². The van der Waals surface area contributed by atoms with Crippen LogP contribution in [0.3, 0.4) is 0 Å². The first-order valence-electron chi connectivity index (χ1n) is 11.1. The minimum Gasteiger partial charge on any atom is -0.497 e. The number of benzene rings is 2. The van der Waals surface area contributed by atoms with Crippen LogP contribution < -0.4 is 10.1 Å². The maximum absolute atomic E-state index is 13.3. The first-order chi connectivity index (χ1) is 14.8. The number of ether oxygens (including phenoxy) is 1.